The number of carbonyl (C=O) groups excluding carboxylic acids is 1. The third-order valence-electron chi connectivity index (χ3n) is 4.65. The van der Waals surface area contributed by atoms with E-state index in [9.17, 15) is 4.79 Å². The number of benzene rings is 3. The number of ether oxygens (including phenoxy) is 2. The van der Waals surface area contributed by atoms with Gasteiger partial charge in [0.15, 0.2) is 11.5 Å². The summed E-state index contributed by atoms with van der Waals surface area (Å²) in [6.07, 6.45) is 0. The quantitative estimate of drug-likeness (QED) is 0.623. The van der Waals surface area contributed by atoms with Crippen molar-refractivity contribution in [3.63, 3.8) is 0 Å². The second-order valence-electron chi connectivity index (χ2n) is 6.82. The lowest BCUT2D eigenvalue weighted by atomic mass is 10.1. The number of nitrogens with zero attached hydrogens (tertiary/aromatic N) is 2. The molecule has 0 unspecified atom stereocenters. The zero-order chi connectivity index (χ0) is 20.2. The SMILES string of the molecule is COc1cc(CNc2ccc3c(c2)=NC(=O)N=3)ccc1OCc1ccc(C)cc1.Cl. The first-order chi connectivity index (χ1) is 14.1. The fourth-order valence-electron chi connectivity index (χ4n) is 3.04. The zero-order valence-corrected chi connectivity index (χ0v) is 17.5. The summed E-state index contributed by atoms with van der Waals surface area (Å²) >= 11 is 0. The molecule has 0 bridgehead atoms. The van der Waals surface area contributed by atoms with Crippen molar-refractivity contribution < 1.29 is 14.3 Å². The lowest BCUT2D eigenvalue weighted by molar-refractivity contribution is 0.256. The first-order valence-corrected chi connectivity index (χ1v) is 9.31. The Labute approximate surface area is 180 Å². The molecule has 154 valence electrons. The molecule has 1 heterocycles. The molecule has 4 rings (SSSR count). The second kappa shape index (κ2) is 9.41. The Kier molecular flexibility index (Phi) is 6.69. The predicted octanol–water partition coefficient (Wildman–Crippen LogP) is 3.99. The van der Waals surface area contributed by atoms with Gasteiger partial charge in [-0.2, -0.15) is 9.98 Å². The largest absolute Gasteiger partial charge is 0.493 e. The monoisotopic (exact) mass is 423 g/mol. The van der Waals surface area contributed by atoms with Gasteiger partial charge in [0.2, 0.25) is 0 Å². The minimum atomic E-state index is -0.455. The topological polar surface area (TPSA) is 72.3 Å². The number of nitrogens with one attached hydrogen (secondary N) is 1. The van der Waals surface area contributed by atoms with Gasteiger partial charge in [0, 0.05) is 12.2 Å². The smallest absolute Gasteiger partial charge is 0.368 e. The number of methoxy groups -OCH3 is 1. The van der Waals surface area contributed by atoms with Crippen LogP contribution in [-0.2, 0) is 13.2 Å². The molecule has 1 aliphatic rings. The van der Waals surface area contributed by atoms with Crippen LogP contribution in [0.2, 0.25) is 0 Å². The van der Waals surface area contributed by atoms with Crippen LogP contribution in [0.25, 0.3) is 0 Å². The van der Waals surface area contributed by atoms with Crippen LogP contribution in [0.4, 0.5) is 10.5 Å². The molecule has 3 aromatic carbocycles. The van der Waals surface area contributed by atoms with Crippen molar-refractivity contribution in [1.29, 1.82) is 0 Å². The Morgan fingerprint density at radius 3 is 2.37 bits per heavy atom. The van der Waals surface area contributed by atoms with Gasteiger partial charge in [-0.25, -0.2) is 4.79 Å². The Morgan fingerprint density at radius 1 is 0.867 bits per heavy atom. The minimum Gasteiger partial charge on any atom is -0.493 e. The van der Waals surface area contributed by atoms with Gasteiger partial charge in [0.25, 0.3) is 0 Å². The summed E-state index contributed by atoms with van der Waals surface area (Å²) in [4.78, 5) is 19.0. The Bertz CT molecular complexity index is 1180. The Morgan fingerprint density at radius 2 is 1.60 bits per heavy atom. The summed E-state index contributed by atoms with van der Waals surface area (Å²) in [5, 5.41) is 4.53. The van der Waals surface area contributed by atoms with E-state index in [-0.39, 0.29) is 12.4 Å². The van der Waals surface area contributed by atoms with Gasteiger partial charge in [0.1, 0.15) is 6.61 Å². The molecule has 30 heavy (non-hydrogen) atoms. The number of hydrogen-bond acceptors (Lipinski definition) is 4. The van der Waals surface area contributed by atoms with E-state index in [4.69, 9.17) is 9.47 Å². The molecule has 0 atom stereocenters. The Hall–Kier alpha value is -3.38. The van der Waals surface area contributed by atoms with Gasteiger partial charge in [-0.1, -0.05) is 35.9 Å². The molecule has 0 saturated heterocycles. The third-order valence-corrected chi connectivity index (χ3v) is 4.65. The van der Waals surface area contributed by atoms with Crippen LogP contribution in [-0.4, -0.2) is 13.1 Å². The van der Waals surface area contributed by atoms with Crippen molar-refractivity contribution >= 4 is 24.1 Å². The van der Waals surface area contributed by atoms with Crippen molar-refractivity contribution in [3.8, 4) is 11.5 Å². The van der Waals surface area contributed by atoms with Gasteiger partial charge in [-0.15, -0.1) is 12.4 Å². The summed E-state index contributed by atoms with van der Waals surface area (Å²) in [7, 11) is 1.63. The highest BCUT2D eigenvalue weighted by Crippen LogP contribution is 2.29. The normalized spacial score (nSPS) is 11.6. The highest BCUT2D eigenvalue weighted by Gasteiger charge is 2.08. The van der Waals surface area contributed by atoms with Crippen LogP contribution in [0.15, 0.2) is 70.6 Å². The molecule has 1 aliphatic heterocycles. The maximum Gasteiger partial charge on any atom is 0.368 e. The summed E-state index contributed by atoms with van der Waals surface area (Å²) < 4.78 is 11.4. The number of carbonyl (C=O) groups is 1. The lowest BCUT2D eigenvalue weighted by Crippen LogP contribution is -2.21. The average molecular weight is 424 g/mol. The van der Waals surface area contributed by atoms with Crippen molar-refractivity contribution in [2.75, 3.05) is 12.4 Å². The van der Waals surface area contributed by atoms with E-state index >= 15 is 0 Å². The van der Waals surface area contributed by atoms with E-state index in [0.717, 1.165) is 16.8 Å². The van der Waals surface area contributed by atoms with E-state index in [1.54, 1.807) is 13.2 Å². The van der Waals surface area contributed by atoms with Crippen LogP contribution in [0.3, 0.4) is 0 Å². The van der Waals surface area contributed by atoms with Crippen LogP contribution in [0.1, 0.15) is 16.7 Å². The Balaban J connectivity index is 0.00000256. The summed E-state index contributed by atoms with van der Waals surface area (Å²) in [6, 6.07) is 19.2. The fraction of sp³-hybridized carbons (Fsp3) is 0.174. The van der Waals surface area contributed by atoms with Gasteiger partial charge >= 0.3 is 6.03 Å². The number of halogens is 1. The highest BCUT2D eigenvalue weighted by atomic mass is 35.5. The first-order valence-electron chi connectivity index (χ1n) is 9.31. The minimum absolute atomic E-state index is 0. The number of aryl methyl sites for hydroxylation is 1. The lowest BCUT2D eigenvalue weighted by Gasteiger charge is -2.13. The van der Waals surface area contributed by atoms with E-state index in [0.29, 0.717) is 35.4 Å². The van der Waals surface area contributed by atoms with E-state index in [1.165, 1.54) is 5.56 Å². The molecular weight excluding hydrogens is 402 g/mol. The predicted molar refractivity (Wildman–Crippen MR) is 117 cm³/mol. The van der Waals surface area contributed by atoms with Crippen molar-refractivity contribution in [3.05, 3.63) is 88.1 Å². The van der Waals surface area contributed by atoms with Crippen LogP contribution in [0.5, 0.6) is 11.5 Å². The second-order valence-corrected chi connectivity index (χ2v) is 6.82. The van der Waals surface area contributed by atoms with Crippen molar-refractivity contribution in [2.45, 2.75) is 20.1 Å². The molecule has 0 aromatic heterocycles. The molecule has 0 aliphatic carbocycles. The van der Waals surface area contributed by atoms with E-state index < -0.39 is 6.03 Å². The molecule has 6 nitrogen and oxygen atoms in total. The number of fused-ring (bicyclic) bond motifs is 1. The van der Waals surface area contributed by atoms with Gasteiger partial charge in [-0.05, 0) is 48.4 Å². The summed E-state index contributed by atoms with van der Waals surface area (Å²) in [5.74, 6) is 1.39. The van der Waals surface area contributed by atoms with E-state index in [1.807, 2.05) is 30.3 Å². The molecule has 2 amide bonds. The number of urea groups is 1. The summed E-state index contributed by atoms with van der Waals surface area (Å²) in [6.45, 7) is 3.14. The number of hydrogen-bond donors (Lipinski definition) is 1. The van der Waals surface area contributed by atoms with Crippen LogP contribution >= 0.6 is 12.4 Å². The maximum atomic E-state index is 11.3. The molecule has 3 aromatic rings. The molecule has 1 N–H and O–H groups in total. The van der Waals surface area contributed by atoms with Crippen molar-refractivity contribution in [1.82, 2.24) is 0 Å². The van der Waals surface area contributed by atoms with Crippen LogP contribution in [0, 0.1) is 6.92 Å². The standard InChI is InChI=1S/C23H21N3O3.ClH/c1-15-3-5-16(6-4-15)14-29-21-10-7-17(11-22(21)28-2)13-24-18-8-9-19-20(12-18)26-23(27)25-19;/h3-12,24H,13-14H2,1-2H3;1H. The van der Waals surface area contributed by atoms with Gasteiger partial charge < -0.3 is 14.8 Å². The maximum absolute atomic E-state index is 11.3. The number of amides is 2. The van der Waals surface area contributed by atoms with Gasteiger partial charge in [0.05, 0.1) is 17.8 Å². The highest BCUT2D eigenvalue weighted by molar-refractivity contribution is 5.85. The first kappa shape index (κ1) is 21.3. The molecule has 0 saturated carbocycles. The van der Waals surface area contributed by atoms with Gasteiger partial charge in [-0.3, -0.25) is 0 Å². The molecule has 0 spiro atoms. The fourth-order valence-corrected chi connectivity index (χ4v) is 3.04. The average Bonchev–Trinajstić information content (AvgIpc) is 3.11. The van der Waals surface area contributed by atoms with E-state index in [2.05, 4.69) is 46.5 Å². The molecular formula is C23H22ClN3O3. The van der Waals surface area contributed by atoms with Crippen LogP contribution < -0.4 is 25.5 Å². The number of anilines is 1. The van der Waals surface area contributed by atoms with Crippen molar-refractivity contribution in [2.24, 2.45) is 9.98 Å². The molecule has 0 radical (unpaired) electrons. The third kappa shape index (κ3) is 4.96. The molecule has 7 heteroatoms. The summed E-state index contributed by atoms with van der Waals surface area (Å²) in [5.41, 5.74) is 4.25. The number of rotatable bonds is 7. The zero-order valence-electron chi connectivity index (χ0n) is 16.7. The molecule has 0 fully saturated rings.